The van der Waals surface area contributed by atoms with Crippen molar-refractivity contribution in [1.29, 1.82) is 0 Å². The zero-order chi connectivity index (χ0) is 16.1. The van der Waals surface area contributed by atoms with Crippen LogP contribution in [0.2, 0.25) is 0 Å². The van der Waals surface area contributed by atoms with Gasteiger partial charge in [0.2, 0.25) is 0 Å². The number of ether oxygens (including phenoxy) is 1. The van der Waals surface area contributed by atoms with Crippen LogP contribution < -0.4 is 9.64 Å². The average molecular weight is 303 g/mol. The summed E-state index contributed by atoms with van der Waals surface area (Å²) in [7, 11) is 1.69. The van der Waals surface area contributed by atoms with Crippen LogP contribution in [0.4, 0.5) is 11.4 Å². The molecule has 0 spiro atoms. The standard InChI is InChI=1S/C21H21NO/c1-17(18-9-5-3-6-10-18)22(19-11-7-4-8-12-19)20-13-15-21(23-2)16-14-20/h3-17H,1-2H3. The largest absolute Gasteiger partial charge is 0.497 e. The van der Waals surface area contributed by atoms with Crippen LogP contribution in [0.3, 0.4) is 0 Å². The molecule has 0 aliphatic carbocycles. The number of methoxy groups -OCH3 is 1. The zero-order valence-electron chi connectivity index (χ0n) is 13.5. The lowest BCUT2D eigenvalue weighted by Gasteiger charge is -2.32. The van der Waals surface area contributed by atoms with Crippen LogP contribution in [-0.4, -0.2) is 7.11 Å². The van der Waals surface area contributed by atoms with E-state index in [4.69, 9.17) is 4.74 Å². The Labute approximate surface area is 138 Å². The highest BCUT2D eigenvalue weighted by Crippen LogP contribution is 2.35. The van der Waals surface area contributed by atoms with Crippen LogP contribution in [0.1, 0.15) is 18.5 Å². The van der Waals surface area contributed by atoms with Crippen molar-refractivity contribution in [3.05, 3.63) is 90.5 Å². The van der Waals surface area contributed by atoms with Gasteiger partial charge < -0.3 is 9.64 Å². The fraction of sp³-hybridized carbons (Fsp3) is 0.143. The predicted octanol–water partition coefficient (Wildman–Crippen LogP) is 5.59. The Balaban J connectivity index is 2.03. The van der Waals surface area contributed by atoms with E-state index in [-0.39, 0.29) is 6.04 Å². The second-order valence-corrected chi connectivity index (χ2v) is 5.49. The molecule has 0 saturated heterocycles. The molecular weight excluding hydrogens is 282 g/mol. The lowest BCUT2D eigenvalue weighted by molar-refractivity contribution is 0.415. The molecule has 0 saturated carbocycles. The first-order valence-corrected chi connectivity index (χ1v) is 7.83. The SMILES string of the molecule is COc1ccc(N(c2ccccc2)C(C)c2ccccc2)cc1. The maximum absolute atomic E-state index is 5.28. The zero-order valence-corrected chi connectivity index (χ0v) is 13.5. The highest BCUT2D eigenvalue weighted by Gasteiger charge is 2.18. The molecule has 0 aromatic heterocycles. The Hall–Kier alpha value is -2.74. The Bertz CT molecular complexity index is 723. The Morgan fingerprint density at radius 3 is 1.78 bits per heavy atom. The summed E-state index contributed by atoms with van der Waals surface area (Å²) >= 11 is 0. The van der Waals surface area contributed by atoms with Crippen LogP contribution >= 0.6 is 0 Å². The first-order valence-electron chi connectivity index (χ1n) is 7.83. The number of hydrogen-bond donors (Lipinski definition) is 0. The van der Waals surface area contributed by atoms with Gasteiger partial charge in [0.25, 0.3) is 0 Å². The number of anilines is 2. The van der Waals surface area contributed by atoms with Crippen LogP contribution in [0.15, 0.2) is 84.9 Å². The van der Waals surface area contributed by atoms with Gasteiger partial charge in [-0.3, -0.25) is 0 Å². The fourth-order valence-corrected chi connectivity index (χ4v) is 2.81. The minimum Gasteiger partial charge on any atom is -0.497 e. The number of rotatable bonds is 5. The molecule has 1 unspecified atom stereocenters. The Kier molecular flexibility index (Phi) is 4.62. The van der Waals surface area contributed by atoms with Crippen LogP contribution in [0.25, 0.3) is 0 Å². The quantitative estimate of drug-likeness (QED) is 0.609. The van der Waals surface area contributed by atoms with E-state index in [1.54, 1.807) is 7.11 Å². The number of para-hydroxylation sites is 1. The molecule has 116 valence electrons. The van der Waals surface area contributed by atoms with Crippen molar-refractivity contribution >= 4 is 11.4 Å². The van der Waals surface area contributed by atoms with Crippen LogP contribution in [0, 0.1) is 0 Å². The molecule has 2 heteroatoms. The minimum absolute atomic E-state index is 0.229. The van der Waals surface area contributed by atoms with Gasteiger partial charge in [0.15, 0.2) is 0 Å². The molecule has 0 amide bonds. The van der Waals surface area contributed by atoms with Gasteiger partial charge in [-0.25, -0.2) is 0 Å². The molecule has 3 aromatic carbocycles. The van der Waals surface area contributed by atoms with E-state index in [2.05, 4.69) is 78.6 Å². The minimum atomic E-state index is 0.229. The third-order valence-corrected chi connectivity index (χ3v) is 4.05. The third-order valence-electron chi connectivity index (χ3n) is 4.05. The van der Waals surface area contributed by atoms with Gasteiger partial charge in [0.1, 0.15) is 5.75 Å². The third kappa shape index (κ3) is 3.37. The molecular formula is C21H21NO. The maximum atomic E-state index is 5.28. The van der Waals surface area contributed by atoms with E-state index >= 15 is 0 Å². The molecule has 0 aliphatic rings. The van der Waals surface area contributed by atoms with Crippen molar-refractivity contribution in [2.45, 2.75) is 13.0 Å². The van der Waals surface area contributed by atoms with E-state index in [0.717, 1.165) is 11.4 Å². The summed E-state index contributed by atoms with van der Waals surface area (Å²) in [4.78, 5) is 2.34. The van der Waals surface area contributed by atoms with E-state index in [1.165, 1.54) is 11.3 Å². The molecule has 3 rings (SSSR count). The predicted molar refractivity (Wildman–Crippen MR) is 96.4 cm³/mol. The number of nitrogens with zero attached hydrogens (tertiary/aromatic N) is 1. The molecule has 3 aromatic rings. The summed E-state index contributed by atoms with van der Waals surface area (Å²) in [5.41, 5.74) is 3.61. The van der Waals surface area contributed by atoms with E-state index < -0.39 is 0 Å². The maximum Gasteiger partial charge on any atom is 0.119 e. The topological polar surface area (TPSA) is 12.5 Å². The van der Waals surface area contributed by atoms with Crippen molar-refractivity contribution in [2.24, 2.45) is 0 Å². The Morgan fingerprint density at radius 1 is 0.696 bits per heavy atom. The summed E-state index contributed by atoms with van der Waals surface area (Å²) in [5.74, 6) is 0.870. The molecule has 0 fully saturated rings. The van der Waals surface area contributed by atoms with Crippen LogP contribution in [-0.2, 0) is 0 Å². The first kappa shape index (κ1) is 15.2. The molecule has 0 aliphatic heterocycles. The first-order chi connectivity index (χ1) is 11.3. The molecule has 0 radical (unpaired) electrons. The van der Waals surface area contributed by atoms with Crippen molar-refractivity contribution in [3.63, 3.8) is 0 Å². The second kappa shape index (κ2) is 7.01. The van der Waals surface area contributed by atoms with Gasteiger partial charge in [-0.2, -0.15) is 0 Å². The number of benzene rings is 3. The molecule has 0 heterocycles. The van der Waals surface area contributed by atoms with E-state index in [1.807, 2.05) is 18.2 Å². The average Bonchev–Trinajstić information content (AvgIpc) is 2.64. The monoisotopic (exact) mass is 303 g/mol. The van der Waals surface area contributed by atoms with E-state index in [9.17, 15) is 0 Å². The lowest BCUT2D eigenvalue weighted by Crippen LogP contribution is -2.21. The van der Waals surface area contributed by atoms with Crippen LogP contribution in [0.5, 0.6) is 5.75 Å². The van der Waals surface area contributed by atoms with Gasteiger partial charge >= 0.3 is 0 Å². The number of hydrogen-bond acceptors (Lipinski definition) is 2. The van der Waals surface area contributed by atoms with Crippen molar-refractivity contribution in [2.75, 3.05) is 12.0 Å². The highest BCUT2D eigenvalue weighted by molar-refractivity contribution is 5.65. The normalized spacial score (nSPS) is 11.7. The van der Waals surface area contributed by atoms with Gasteiger partial charge in [-0.05, 0) is 48.9 Å². The molecule has 0 N–H and O–H groups in total. The molecule has 23 heavy (non-hydrogen) atoms. The van der Waals surface area contributed by atoms with Gasteiger partial charge in [-0.1, -0.05) is 48.5 Å². The highest BCUT2D eigenvalue weighted by atomic mass is 16.5. The summed E-state index contributed by atoms with van der Waals surface area (Å²) in [5, 5.41) is 0. The van der Waals surface area contributed by atoms with Gasteiger partial charge in [0.05, 0.1) is 13.2 Å². The summed E-state index contributed by atoms with van der Waals surface area (Å²) in [6.45, 7) is 2.23. The van der Waals surface area contributed by atoms with Crippen molar-refractivity contribution in [1.82, 2.24) is 0 Å². The Morgan fingerprint density at radius 2 is 1.22 bits per heavy atom. The lowest BCUT2D eigenvalue weighted by atomic mass is 10.0. The second-order valence-electron chi connectivity index (χ2n) is 5.49. The molecule has 2 nitrogen and oxygen atoms in total. The summed E-state index contributed by atoms with van der Waals surface area (Å²) < 4.78 is 5.28. The fourth-order valence-electron chi connectivity index (χ4n) is 2.81. The molecule has 0 bridgehead atoms. The van der Waals surface area contributed by atoms with Gasteiger partial charge in [0, 0.05) is 11.4 Å². The summed E-state index contributed by atoms with van der Waals surface area (Å²) in [6, 6.07) is 29.5. The van der Waals surface area contributed by atoms with Crippen molar-refractivity contribution in [3.8, 4) is 5.75 Å². The smallest absolute Gasteiger partial charge is 0.119 e. The van der Waals surface area contributed by atoms with Crippen molar-refractivity contribution < 1.29 is 4.74 Å². The summed E-state index contributed by atoms with van der Waals surface area (Å²) in [6.07, 6.45) is 0. The van der Waals surface area contributed by atoms with E-state index in [0.29, 0.717) is 0 Å². The van der Waals surface area contributed by atoms with Gasteiger partial charge in [-0.15, -0.1) is 0 Å². The molecule has 1 atom stereocenters.